The molecule has 0 radical (unpaired) electrons. The second-order valence-electron chi connectivity index (χ2n) is 5.69. The van der Waals surface area contributed by atoms with Gasteiger partial charge in [0.2, 0.25) is 0 Å². The van der Waals surface area contributed by atoms with E-state index in [4.69, 9.17) is 4.74 Å². The van der Waals surface area contributed by atoms with Crippen LogP contribution in [0, 0.1) is 5.92 Å². The van der Waals surface area contributed by atoms with Crippen LogP contribution in [0.2, 0.25) is 0 Å². The molecule has 0 saturated heterocycles. The topological polar surface area (TPSA) is 38.3 Å². The molecule has 1 aromatic rings. The Morgan fingerprint density at radius 1 is 1.30 bits per heavy atom. The molecule has 3 atom stereocenters. The molecule has 0 aromatic heterocycles. The first-order valence-corrected chi connectivity index (χ1v) is 8.30. The van der Waals surface area contributed by atoms with Crippen molar-refractivity contribution >= 4 is 5.97 Å². The van der Waals surface area contributed by atoms with Gasteiger partial charge in [-0.3, -0.25) is 5.32 Å². The quantitative estimate of drug-likeness (QED) is 0.513. The third-order valence-corrected chi connectivity index (χ3v) is 4.00. The number of methoxy groups -OCH3 is 1. The fourth-order valence-corrected chi connectivity index (χ4v) is 2.50. The van der Waals surface area contributed by atoms with Gasteiger partial charge in [0.1, 0.15) is 6.04 Å². The third kappa shape index (κ3) is 6.41. The molecule has 126 valence electrons. The van der Waals surface area contributed by atoms with Crippen LogP contribution in [0.1, 0.15) is 44.7 Å². The zero-order valence-corrected chi connectivity index (χ0v) is 14.5. The Balaban J connectivity index is 2.88. The summed E-state index contributed by atoms with van der Waals surface area (Å²) in [7, 11) is 1.43. The Kier molecular flexibility index (Phi) is 9.00. The number of carbonyl (C=O) groups excluding carboxylic acids is 1. The lowest BCUT2D eigenvalue weighted by Gasteiger charge is -2.27. The monoisotopic (exact) mass is 315 g/mol. The second-order valence-corrected chi connectivity index (χ2v) is 5.69. The molecule has 1 rings (SSSR count). The number of esters is 1. The highest BCUT2D eigenvalue weighted by Crippen LogP contribution is 2.20. The summed E-state index contributed by atoms with van der Waals surface area (Å²) < 4.78 is 4.98. The first kappa shape index (κ1) is 19.2. The molecule has 1 aromatic carbocycles. The minimum Gasteiger partial charge on any atom is -0.468 e. The summed E-state index contributed by atoms with van der Waals surface area (Å²) in [5, 5.41) is 3.47. The van der Waals surface area contributed by atoms with Gasteiger partial charge in [-0.25, -0.2) is 4.79 Å². The first-order chi connectivity index (χ1) is 11.1. The van der Waals surface area contributed by atoms with Gasteiger partial charge in [-0.2, -0.15) is 0 Å². The summed E-state index contributed by atoms with van der Waals surface area (Å²) in [6, 6.07) is 9.41. The van der Waals surface area contributed by atoms with E-state index in [-0.39, 0.29) is 17.9 Å². The van der Waals surface area contributed by atoms with Crippen LogP contribution in [0.15, 0.2) is 55.1 Å². The Bertz CT molecular complexity index is 496. The van der Waals surface area contributed by atoms with Gasteiger partial charge in [0.15, 0.2) is 0 Å². The van der Waals surface area contributed by atoms with Gasteiger partial charge >= 0.3 is 5.97 Å². The normalized spacial score (nSPS) is 15.1. The summed E-state index contributed by atoms with van der Waals surface area (Å²) in [6.45, 7) is 8.14. The highest BCUT2D eigenvalue weighted by molar-refractivity contribution is 5.77. The fourth-order valence-electron chi connectivity index (χ4n) is 2.50. The molecule has 3 nitrogen and oxygen atoms in total. The van der Waals surface area contributed by atoms with Crippen molar-refractivity contribution in [1.82, 2.24) is 5.32 Å². The van der Waals surface area contributed by atoms with Crippen molar-refractivity contribution in [3.8, 4) is 0 Å². The highest BCUT2D eigenvalue weighted by Gasteiger charge is 2.26. The molecule has 0 aliphatic carbocycles. The van der Waals surface area contributed by atoms with Crippen molar-refractivity contribution in [2.24, 2.45) is 5.92 Å². The average molecular weight is 315 g/mol. The van der Waals surface area contributed by atoms with Crippen molar-refractivity contribution in [2.45, 2.75) is 45.2 Å². The molecule has 0 bridgehead atoms. The zero-order chi connectivity index (χ0) is 17.1. The van der Waals surface area contributed by atoms with E-state index in [0.29, 0.717) is 0 Å². The van der Waals surface area contributed by atoms with Gasteiger partial charge in [-0.1, -0.05) is 62.4 Å². The van der Waals surface area contributed by atoms with E-state index < -0.39 is 6.04 Å². The number of benzene rings is 1. The molecule has 1 N–H and O–H groups in total. The Hall–Kier alpha value is -1.87. The standard InChI is InChI=1S/C20H29NO2/c1-5-7-8-12-15-18(16(3)6-2)21-19(20(22)23-4)17-13-10-9-11-14-17/h6-11,13-14,16,18-19,21H,2,5,12,15H2,1,3-4H3/b8-7+/t16?,18-,19+/m1/s1. The van der Waals surface area contributed by atoms with Crippen LogP contribution in [0.5, 0.6) is 0 Å². The van der Waals surface area contributed by atoms with E-state index in [2.05, 4.69) is 37.9 Å². The molecule has 0 fully saturated rings. The van der Waals surface area contributed by atoms with Gasteiger partial charge in [0.25, 0.3) is 0 Å². The van der Waals surface area contributed by atoms with Crippen molar-refractivity contribution in [3.63, 3.8) is 0 Å². The highest BCUT2D eigenvalue weighted by atomic mass is 16.5. The number of ether oxygens (including phenoxy) is 1. The van der Waals surface area contributed by atoms with Crippen LogP contribution >= 0.6 is 0 Å². The fraction of sp³-hybridized carbons (Fsp3) is 0.450. The van der Waals surface area contributed by atoms with E-state index in [9.17, 15) is 4.79 Å². The molecule has 3 heteroatoms. The number of rotatable bonds is 10. The SMILES string of the molecule is C=CC(C)[C@@H](CC/C=C/CC)N[C@H](C(=O)OC)c1ccccc1. The lowest BCUT2D eigenvalue weighted by atomic mass is 9.95. The minimum atomic E-state index is -0.455. The molecule has 0 aliphatic rings. The van der Waals surface area contributed by atoms with E-state index in [1.807, 2.05) is 36.4 Å². The molecule has 23 heavy (non-hydrogen) atoms. The predicted octanol–water partition coefficient (Wildman–Crippen LogP) is 4.43. The smallest absolute Gasteiger partial charge is 0.327 e. The van der Waals surface area contributed by atoms with Crippen LogP contribution in [0.3, 0.4) is 0 Å². The minimum absolute atomic E-state index is 0.165. The number of hydrogen-bond acceptors (Lipinski definition) is 3. The van der Waals surface area contributed by atoms with Crippen LogP contribution < -0.4 is 5.32 Å². The Labute approximate surface area is 140 Å². The third-order valence-electron chi connectivity index (χ3n) is 4.00. The largest absolute Gasteiger partial charge is 0.468 e. The predicted molar refractivity (Wildman–Crippen MR) is 96.1 cm³/mol. The molecule has 0 amide bonds. The summed E-state index contributed by atoms with van der Waals surface area (Å²) in [6.07, 6.45) is 9.27. The maximum Gasteiger partial charge on any atom is 0.327 e. The van der Waals surface area contributed by atoms with Crippen LogP contribution in [-0.4, -0.2) is 19.1 Å². The number of nitrogens with one attached hydrogen (secondary N) is 1. The van der Waals surface area contributed by atoms with E-state index in [1.54, 1.807) is 0 Å². The van der Waals surface area contributed by atoms with Gasteiger partial charge in [-0.05, 0) is 30.7 Å². The maximum absolute atomic E-state index is 12.2. The zero-order valence-electron chi connectivity index (χ0n) is 14.5. The molecule has 0 heterocycles. The van der Waals surface area contributed by atoms with Gasteiger partial charge in [0.05, 0.1) is 7.11 Å². The Morgan fingerprint density at radius 2 is 2.00 bits per heavy atom. The molecular formula is C20H29NO2. The van der Waals surface area contributed by atoms with Crippen LogP contribution in [-0.2, 0) is 9.53 Å². The summed E-state index contributed by atoms with van der Waals surface area (Å²) in [5.41, 5.74) is 0.921. The van der Waals surface area contributed by atoms with Crippen molar-refractivity contribution in [3.05, 3.63) is 60.7 Å². The average Bonchev–Trinajstić information content (AvgIpc) is 2.60. The Morgan fingerprint density at radius 3 is 2.57 bits per heavy atom. The number of hydrogen-bond donors (Lipinski definition) is 1. The van der Waals surface area contributed by atoms with E-state index in [1.165, 1.54) is 7.11 Å². The summed E-state index contributed by atoms with van der Waals surface area (Å²) >= 11 is 0. The van der Waals surface area contributed by atoms with Gasteiger partial charge < -0.3 is 4.74 Å². The van der Waals surface area contributed by atoms with Crippen molar-refractivity contribution < 1.29 is 9.53 Å². The number of allylic oxidation sites excluding steroid dienone is 2. The molecular weight excluding hydrogens is 286 g/mol. The van der Waals surface area contributed by atoms with Crippen LogP contribution in [0.25, 0.3) is 0 Å². The first-order valence-electron chi connectivity index (χ1n) is 8.30. The number of carbonyl (C=O) groups is 1. The maximum atomic E-state index is 12.2. The second kappa shape index (κ2) is 10.8. The molecule has 0 saturated carbocycles. The van der Waals surface area contributed by atoms with Crippen LogP contribution in [0.4, 0.5) is 0 Å². The summed E-state index contributed by atoms with van der Waals surface area (Å²) in [4.78, 5) is 12.2. The molecule has 0 spiro atoms. The van der Waals surface area contributed by atoms with Gasteiger partial charge in [0, 0.05) is 6.04 Å². The molecule has 1 unspecified atom stereocenters. The van der Waals surface area contributed by atoms with Gasteiger partial charge in [-0.15, -0.1) is 6.58 Å². The van der Waals surface area contributed by atoms with Crippen molar-refractivity contribution in [2.75, 3.05) is 7.11 Å². The summed E-state index contributed by atoms with van der Waals surface area (Å²) in [5.74, 6) is 0.00228. The van der Waals surface area contributed by atoms with Crippen molar-refractivity contribution in [1.29, 1.82) is 0 Å². The molecule has 0 aliphatic heterocycles. The lowest BCUT2D eigenvalue weighted by molar-refractivity contribution is -0.143. The lowest BCUT2D eigenvalue weighted by Crippen LogP contribution is -2.40. The van der Waals surface area contributed by atoms with E-state index >= 15 is 0 Å². The van der Waals surface area contributed by atoms with E-state index in [0.717, 1.165) is 24.8 Å².